The van der Waals surface area contributed by atoms with E-state index >= 15 is 0 Å². The zero-order valence-electron chi connectivity index (χ0n) is 11.9. The van der Waals surface area contributed by atoms with Gasteiger partial charge in [0.25, 0.3) is 0 Å². The molecule has 1 saturated heterocycles. The second kappa shape index (κ2) is 4.06. The molecule has 3 heteroatoms. The van der Waals surface area contributed by atoms with Crippen molar-refractivity contribution in [1.29, 1.82) is 0 Å². The van der Waals surface area contributed by atoms with Gasteiger partial charge in [0.05, 0.1) is 6.10 Å². The topological polar surface area (TPSA) is 27.7 Å². The molecule has 0 aromatic heterocycles. The highest BCUT2D eigenvalue weighted by atomic mass is 17.2. The lowest BCUT2D eigenvalue weighted by atomic mass is 9.53. The summed E-state index contributed by atoms with van der Waals surface area (Å²) in [6, 6.07) is 0. The maximum Gasteiger partial charge on any atom is 0.207 e. The molecule has 4 bridgehead atoms. The van der Waals surface area contributed by atoms with Gasteiger partial charge in [0.1, 0.15) is 6.10 Å². The Kier molecular flexibility index (Phi) is 2.64. The van der Waals surface area contributed by atoms with E-state index in [2.05, 4.69) is 13.5 Å². The summed E-state index contributed by atoms with van der Waals surface area (Å²) >= 11 is 0. The van der Waals surface area contributed by atoms with E-state index in [1.54, 1.807) is 0 Å². The van der Waals surface area contributed by atoms with Crippen LogP contribution >= 0.6 is 0 Å². The molecule has 0 aromatic carbocycles. The van der Waals surface area contributed by atoms with Crippen LogP contribution in [-0.4, -0.2) is 18.0 Å². The third-order valence-electron chi connectivity index (χ3n) is 5.84. The summed E-state index contributed by atoms with van der Waals surface area (Å²) in [6.45, 7) is 8.04. The van der Waals surface area contributed by atoms with Crippen LogP contribution in [-0.2, 0) is 14.5 Å². The molecule has 5 aliphatic rings. The first-order valence-corrected chi connectivity index (χ1v) is 7.76. The quantitative estimate of drug-likeness (QED) is 0.536. The molecule has 3 nitrogen and oxygen atoms in total. The first-order valence-electron chi connectivity index (χ1n) is 7.76. The van der Waals surface area contributed by atoms with Gasteiger partial charge in [-0.25, -0.2) is 4.89 Å². The zero-order chi connectivity index (χ0) is 13.2. The molecule has 106 valence electrons. The molecule has 2 atom stereocenters. The number of ether oxygens (including phenoxy) is 1. The van der Waals surface area contributed by atoms with E-state index in [0.717, 1.165) is 17.4 Å². The van der Waals surface area contributed by atoms with Crippen molar-refractivity contribution in [2.75, 3.05) is 0 Å². The maximum absolute atomic E-state index is 6.42. The number of hydrogen-bond acceptors (Lipinski definition) is 3. The molecule has 0 amide bonds. The largest absolute Gasteiger partial charge is 0.341 e. The van der Waals surface area contributed by atoms with E-state index in [1.165, 1.54) is 32.1 Å². The predicted molar refractivity (Wildman–Crippen MR) is 71.1 cm³/mol. The van der Waals surface area contributed by atoms with E-state index in [-0.39, 0.29) is 12.2 Å². The van der Waals surface area contributed by atoms with E-state index in [1.807, 2.05) is 6.92 Å². The third-order valence-corrected chi connectivity index (χ3v) is 5.84. The second-order valence-corrected chi connectivity index (χ2v) is 7.30. The van der Waals surface area contributed by atoms with Crippen LogP contribution in [0.4, 0.5) is 0 Å². The normalized spacial score (nSPS) is 55.7. The Morgan fingerprint density at radius 2 is 1.63 bits per heavy atom. The van der Waals surface area contributed by atoms with Gasteiger partial charge < -0.3 is 4.74 Å². The van der Waals surface area contributed by atoms with Crippen LogP contribution in [0.25, 0.3) is 0 Å². The molecular formula is C16H24O3. The summed E-state index contributed by atoms with van der Waals surface area (Å²) in [6.07, 6.45) is 6.42. The van der Waals surface area contributed by atoms with Crippen molar-refractivity contribution in [2.45, 2.75) is 63.9 Å². The van der Waals surface area contributed by atoms with Gasteiger partial charge in [0.2, 0.25) is 5.79 Å². The van der Waals surface area contributed by atoms with Crippen molar-refractivity contribution in [3.63, 3.8) is 0 Å². The zero-order valence-corrected chi connectivity index (χ0v) is 11.9. The van der Waals surface area contributed by atoms with Crippen molar-refractivity contribution in [2.24, 2.45) is 23.7 Å². The molecule has 1 unspecified atom stereocenters. The Bertz CT molecular complexity index is 375. The maximum atomic E-state index is 6.42. The Morgan fingerprint density at radius 1 is 1.05 bits per heavy atom. The van der Waals surface area contributed by atoms with Crippen molar-refractivity contribution in [1.82, 2.24) is 0 Å². The van der Waals surface area contributed by atoms with Gasteiger partial charge in [-0.1, -0.05) is 6.58 Å². The van der Waals surface area contributed by atoms with Crippen molar-refractivity contribution < 1.29 is 14.5 Å². The minimum atomic E-state index is -0.446. The Balaban J connectivity index is 1.60. The highest BCUT2D eigenvalue weighted by Crippen LogP contribution is 2.61. The average Bonchev–Trinajstić information content (AvgIpc) is 2.34. The van der Waals surface area contributed by atoms with Gasteiger partial charge >= 0.3 is 0 Å². The predicted octanol–water partition coefficient (Wildman–Crippen LogP) is 3.45. The van der Waals surface area contributed by atoms with Gasteiger partial charge in [0, 0.05) is 11.8 Å². The number of hydrogen-bond donors (Lipinski definition) is 0. The van der Waals surface area contributed by atoms with Gasteiger partial charge in [-0.3, -0.25) is 0 Å². The molecule has 4 saturated carbocycles. The lowest BCUT2D eigenvalue weighted by molar-refractivity contribution is -0.532. The summed E-state index contributed by atoms with van der Waals surface area (Å²) in [7, 11) is 0. The molecule has 1 spiro atoms. The molecule has 1 heterocycles. The van der Waals surface area contributed by atoms with Crippen LogP contribution < -0.4 is 0 Å². The second-order valence-electron chi connectivity index (χ2n) is 7.30. The van der Waals surface area contributed by atoms with Gasteiger partial charge in [-0.2, -0.15) is 4.89 Å². The van der Waals surface area contributed by atoms with Crippen molar-refractivity contribution >= 4 is 0 Å². The fourth-order valence-electron chi connectivity index (χ4n) is 5.23. The fourth-order valence-corrected chi connectivity index (χ4v) is 5.23. The van der Waals surface area contributed by atoms with Crippen LogP contribution in [0.15, 0.2) is 12.2 Å². The van der Waals surface area contributed by atoms with Crippen LogP contribution in [0.3, 0.4) is 0 Å². The summed E-state index contributed by atoms with van der Waals surface area (Å²) in [5.41, 5.74) is 0.978. The minimum Gasteiger partial charge on any atom is -0.341 e. The standard InChI is InChI=1S/C16H24O3/c1-9(2)15-10(3)17-16(19-18-15)13-5-11-4-12(7-13)8-14(16)6-11/h10-15H,1,4-8H2,2-3H3/t10-,11?,12?,13?,14?,15?,16?/m0/s1. The van der Waals surface area contributed by atoms with Crippen LogP contribution in [0.2, 0.25) is 0 Å². The van der Waals surface area contributed by atoms with Gasteiger partial charge in [0.15, 0.2) is 0 Å². The molecule has 0 radical (unpaired) electrons. The Hall–Kier alpha value is -0.380. The molecule has 19 heavy (non-hydrogen) atoms. The first-order chi connectivity index (χ1) is 9.08. The van der Waals surface area contributed by atoms with Crippen LogP contribution in [0, 0.1) is 23.7 Å². The van der Waals surface area contributed by atoms with E-state index < -0.39 is 5.79 Å². The lowest BCUT2D eigenvalue weighted by Crippen LogP contribution is -2.64. The fraction of sp³-hybridized carbons (Fsp3) is 0.875. The summed E-state index contributed by atoms with van der Waals surface area (Å²) in [5, 5.41) is 0. The monoisotopic (exact) mass is 264 g/mol. The van der Waals surface area contributed by atoms with Crippen molar-refractivity contribution in [3.05, 3.63) is 12.2 Å². The van der Waals surface area contributed by atoms with Crippen LogP contribution in [0.5, 0.6) is 0 Å². The molecule has 1 aliphatic heterocycles. The Labute approximate surface area is 115 Å². The smallest absolute Gasteiger partial charge is 0.207 e. The average molecular weight is 264 g/mol. The molecule has 0 aromatic rings. The van der Waals surface area contributed by atoms with Crippen molar-refractivity contribution in [3.8, 4) is 0 Å². The lowest BCUT2D eigenvalue weighted by Gasteiger charge is -2.61. The summed E-state index contributed by atoms with van der Waals surface area (Å²) in [5.74, 6) is 2.46. The Morgan fingerprint density at radius 3 is 2.11 bits per heavy atom. The van der Waals surface area contributed by atoms with Gasteiger partial charge in [-0.15, -0.1) is 0 Å². The first kappa shape index (κ1) is 12.4. The van der Waals surface area contributed by atoms with Gasteiger partial charge in [-0.05, 0) is 63.4 Å². The van der Waals surface area contributed by atoms with E-state index in [9.17, 15) is 0 Å². The molecular weight excluding hydrogens is 240 g/mol. The minimum absolute atomic E-state index is 0.0452. The highest BCUT2D eigenvalue weighted by Gasteiger charge is 2.62. The SMILES string of the molecule is C=C(C)C1OOC2(O[C@H]1C)C1CC3CC(C1)CC2C3. The molecule has 0 N–H and O–H groups in total. The van der Waals surface area contributed by atoms with E-state index in [0.29, 0.717) is 11.8 Å². The summed E-state index contributed by atoms with van der Waals surface area (Å²) in [4.78, 5) is 11.6. The summed E-state index contributed by atoms with van der Waals surface area (Å²) < 4.78 is 6.42. The molecule has 5 rings (SSSR count). The molecule has 5 fully saturated rings. The third kappa shape index (κ3) is 1.68. The number of rotatable bonds is 1. The van der Waals surface area contributed by atoms with E-state index in [4.69, 9.17) is 14.5 Å². The van der Waals surface area contributed by atoms with Crippen LogP contribution in [0.1, 0.15) is 46.0 Å². The molecule has 4 aliphatic carbocycles. The highest BCUT2D eigenvalue weighted by molar-refractivity contribution is 5.07.